The second-order valence-corrected chi connectivity index (χ2v) is 3.81. The molecule has 0 spiro atoms. The fraction of sp³-hybridized carbons (Fsp3) is 0.385. The molecular weight excluding hydrogens is 205 g/mol. The van der Waals surface area contributed by atoms with Gasteiger partial charge < -0.3 is 4.74 Å². The third-order valence-corrected chi connectivity index (χ3v) is 2.69. The van der Waals surface area contributed by atoms with Crippen LogP contribution in [0.2, 0.25) is 0 Å². The van der Waals surface area contributed by atoms with E-state index in [0.29, 0.717) is 13.2 Å². The van der Waals surface area contributed by atoms with Gasteiger partial charge in [-0.3, -0.25) is 5.32 Å². The van der Waals surface area contributed by atoms with Gasteiger partial charge in [0.25, 0.3) is 0 Å². The Balaban J connectivity index is 2.28. The highest BCUT2D eigenvalue weighted by atomic mass is 19.1. The van der Waals surface area contributed by atoms with E-state index in [-0.39, 0.29) is 11.9 Å². The minimum atomic E-state index is -0.239. The van der Waals surface area contributed by atoms with Gasteiger partial charge in [-0.2, -0.15) is 0 Å². The molecule has 0 bridgehead atoms. The molecule has 1 heterocycles. The first kappa shape index (κ1) is 11.0. The highest BCUT2D eigenvalue weighted by molar-refractivity contribution is 5.37. The first-order chi connectivity index (χ1) is 7.81. The Morgan fingerprint density at radius 2 is 2.44 bits per heavy atom. The van der Waals surface area contributed by atoms with Crippen LogP contribution >= 0.6 is 0 Å². The summed E-state index contributed by atoms with van der Waals surface area (Å²) in [7, 11) is 0. The SMILES string of the molecule is C#CCNC1CCCOc2ccc(F)cc21. The van der Waals surface area contributed by atoms with Gasteiger partial charge in [0, 0.05) is 11.6 Å². The largest absolute Gasteiger partial charge is 0.493 e. The number of ether oxygens (including phenoxy) is 1. The van der Waals surface area contributed by atoms with Gasteiger partial charge in [0.1, 0.15) is 11.6 Å². The summed E-state index contributed by atoms with van der Waals surface area (Å²) >= 11 is 0. The van der Waals surface area contributed by atoms with Gasteiger partial charge in [0.05, 0.1) is 13.2 Å². The third-order valence-electron chi connectivity index (χ3n) is 2.69. The van der Waals surface area contributed by atoms with Crippen molar-refractivity contribution in [2.45, 2.75) is 18.9 Å². The van der Waals surface area contributed by atoms with E-state index in [1.165, 1.54) is 12.1 Å². The summed E-state index contributed by atoms with van der Waals surface area (Å²) in [4.78, 5) is 0. The van der Waals surface area contributed by atoms with Crippen molar-refractivity contribution in [2.75, 3.05) is 13.2 Å². The Morgan fingerprint density at radius 3 is 3.25 bits per heavy atom. The van der Waals surface area contributed by atoms with Crippen LogP contribution in [0.4, 0.5) is 4.39 Å². The zero-order chi connectivity index (χ0) is 11.4. The molecule has 3 heteroatoms. The molecule has 0 saturated carbocycles. The molecule has 0 radical (unpaired) electrons. The Morgan fingerprint density at radius 1 is 1.56 bits per heavy atom. The van der Waals surface area contributed by atoms with Crippen molar-refractivity contribution < 1.29 is 9.13 Å². The molecule has 1 aromatic rings. The van der Waals surface area contributed by atoms with Crippen molar-refractivity contribution >= 4 is 0 Å². The molecule has 0 fully saturated rings. The minimum absolute atomic E-state index is 0.0873. The third kappa shape index (κ3) is 2.34. The molecule has 1 N–H and O–H groups in total. The second kappa shape index (κ2) is 5.00. The van der Waals surface area contributed by atoms with Crippen LogP contribution in [0.25, 0.3) is 0 Å². The lowest BCUT2D eigenvalue weighted by Crippen LogP contribution is -2.21. The Bertz CT molecular complexity index is 411. The molecule has 0 amide bonds. The zero-order valence-corrected chi connectivity index (χ0v) is 9.00. The number of hydrogen-bond donors (Lipinski definition) is 1. The topological polar surface area (TPSA) is 21.3 Å². The number of nitrogens with one attached hydrogen (secondary N) is 1. The zero-order valence-electron chi connectivity index (χ0n) is 9.00. The Hall–Kier alpha value is -1.53. The molecule has 1 atom stereocenters. The minimum Gasteiger partial charge on any atom is -0.493 e. The molecule has 0 saturated heterocycles. The van der Waals surface area contributed by atoms with Crippen molar-refractivity contribution in [3.8, 4) is 18.1 Å². The predicted molar refractivity (Wildman–Crippen MR) is 60.7 cm³/mol. The maximum absolute atomic E-state index is 13.2. The molecule has 2 rings (SSSR count). The van der Waals surface area contributed by atoms with Crippen LogP contribution in [0.5, 0.6) is 5.75 Å². The number of hydrogen-bond acceptors (Lipinski definition) is 2. The molecule has 0 aliphatic carbocycles. The van der Waals surface area contributed by atoms with Crippen molar-refractivity contribution in [1.29, 1.82) is 0 Å². The van der Waals surface area contributed by atoms with E-state index in [1.54, 1.807) is 6.07 Å². The van der Waals surface area contributed by atoms with Crippen LogP contribution in [0.3, 0.4) is 0 Å². The van der Waals surface area contributed by atoms with Crippen molar-refractivity contribution in [3.05, 3.63) is 29.6 Å². The fourth-order valence-corrected chi connectivity index (χ4v) is 1.94. The van der Waals surface area contributed by atoms with Crippen LogP contribution in [0.15, 0.2) is 18.2 Å². The molecular formula is C13H14FNO. The summed E-state index contributed by atoms with van der Waals surface area (Å²) in [6, 6.07) is 4.71. The van der Waals surface area contributed by atoms with E-state index < -0.39 is 0 Å². The van der Waals surface area contributed by atoms with Crippen molar-refractivity contribution in [3.63, 3.8) is 0 Å². The first-order valence-electron chi connectivity index (χ1n) is 5.40. The number of halogens is 1. The average Bonchev–Trinajstić information content (AvgIpc) is 2.48. The van der Waals surface area contributed by atoms with Crippen LogP contribution in [-0.4, -0.2) is 13.2 Å². The van der Waals surface area contributed by atoms with Crippen LogP contribution in [0.1, 0.15) is 24.4 Å². The number of terminal acetylenes is 1. The van der Waals surface area contributed by atoms with E-state index in [4.69, 9.17) is 11.2 Å². The lowest BCUT2D eigenvalue weighted by Gasteiger charge is -2.16. The molecule has 16 heavy (non-hydrogen) atoms. The fourth-order valence-electron chi connectivity index (χ4n) is 1.94. The van der Waals surface area contributed by atoms with Crippen molar-refractivity contribution in [2.24, 2.45) is 0 Å². The van der Waals surface area contributed by atoms with Gasteiger partial charge in [-0.1, -0.05) is 5.92 Å². The molecule has 1 unspecified atom stereocenters. The van der Waals surface area contributed by atoms with Gasteiger partial charge in [-0.25, -0.2) is 4.39 Å². The lowest BCUT2D eigenvalue weighted by molar-refractivity contribution is 0.315. The molecule has 84 valence electrons. The van der Waals surface area contributed by atoms with Gasteiger partial charge in [-0.15, -0.1) is 6.42 Å². The number of benzene rings is 1. The Labute approximate surface area is 94.8 Å². The quantitative estimate of drug-likeness (QED) is 0.770. The molecule has 1 aromatic carbocycles. The molecule has 1 aliphatic rings. The normalized spacial score (nSPS) is 19.1. The number of rotatable bonds is 2. The smallest absolute Gasteiger partial charge is 0.124 e. The van der Waals surface area contributed by atoms with E-state index >= 15 is 0 Å². The molecule has 2 nitrogen and oxygen atoms in total. The predicted octanol–water partition coefficient (Wildman–Crippen LogP) is 2.26. The Kier molecular flexibility index (Phi) is 3.43. The summed E-state index contributed by atoms with van der Waals surface area (Å²) in [5.74, 6) is 3.05. The lowest BCUT2D eigenvalue weighted by atomic mass is 10.0. The second-order valence-electron chi connectivity index (χ2n) is 3.81. The van der Waals surface area contributed by atoms with E-state index in [0.717, 1.165) is 24.2 Å². The van der Waals surface area contributed by atoms with E-state index in [9.17, 15) is 4.39 Å². The van der Waals surface area contributed by atoms with Gasteiger partial charge in [0.2, 0.25) is 0 Å². The summed E-state index contributed by atoms with van der Waals surface area (Å²) in [6.45, 7) is 1.16. The summed E-state index contributed by atoms with van der Waals surface area (Å²) < 4.78 is 18.8. The summed E-state index contributed by atoms with van der Waals surface area (Å²) in [5, 5.41) is 3.21. The van der Waals surface area contributed by atoms with Crippen LogP contribution < -0.4 is 10.1 Å². The maximum atomic E-state index is 13.2. The van der Waals surface area contributed by atoms with E-state index in [2.05, 4.69) is 11.2 Å². The van der Waals surface area contributed by atoms with Gasteiger partial charge >= 0.3 is 0 Å². The highest BCUT2D eigenvalue weighted by Gasteiger charge is 2.19. The van der Waals surface area contributed by atoms with Crippen molar-refractivity contribution in [1.82, 2.24) is 5.32 Å². The van der Waals surface area contributed by atoms with Gasteiger partial charge in [-0.05, 0) is 31.0 Å². The monoisotopic (exact) mass is 219 g/mol. The summed E-state index contributed by atoms with van der Waals surface area (Å²) in [6.07, 6.45) is 7.07. The van der Waals surface area contributed by atoms with Crippen LogP contribution in [-0.2, 0) is 0 Å². The average molecular weight is 219 g/mol. The maximum Gasteiger partial charge on any atom is 0.124 e. The van der Waals surface area contributed by atoms with Gasteiger partial charge in [0.15, 0.2) is 0 Å². The standard InChI is InChI=1S/C13H14FNO/c1-2-7-15-12-4-3-8-16-13-6-5-10(14)9-11(12)13/h1,5-6,9,12,15H,3-4,7-8H2. The first-order valence-corrected chi connectivity index (χ1v) is 5.40. The van der Waals surface area contributed by atoms with E-state index in [1.807, 2.05) is 0 Å². The number of fused-ring (bicyclic) bond motifs is 1. The highest BCUT2D eigenvalue weighted by Crippen LogP contribution is 2.31. The summed E-state index contributed by atoms with van der Waals surface area (Å²) in [5.41, 5.74) is 0.868. The van der Waals surface area contributed by atoms with Crippen LogP contribution in [0, 0.1) is 18.2 Å². The molecule has 0 aromatic heterocycles. The molecule has 1 aliphatic heterocycles.